The van der Waals surface area contributed by atoms with Gasteiger partial charge in [0.25, 0.3) is 0 Å². The fourth-order valence-corrected chi connectivity index (χ4v) is 1.48. The highest BCUT2D eigenvalue weighted by Crippen LogP contribution is 2.10. The number of nitrogens with two attached hydrogens (primary N) is 1. The Labute approximate surface area is 89.6 Å². The smallest absolute Gasteiger partial charge is 0.00643 e. The highest BCUT2D eigenvalue weighted by atomic mass is 14.9. The first-order chi connectivity index (χ1) is 6.52. The molecule has 0 spiro atoms. The average molecular weight is 200 g/mol. The van der Waals surface area contributed by atoms with Gasteiger partial charge in [0.15, 0.2) is 0 Å². The van der Waals surface area contributed by atoms with Crippen LogP contribution in [-0.4, -0.2) is 19.1 Å². The highest BCUT2D eigenvalue weighted by Gasteiger charge is 2.14. The van der Waals surface area contributed by atoms with Crippen LogP contribution in [0.4, 0.5) is 0 Å². The monoisotopic (exact) mass is 200 g/mol. The fourth-order valence-electron chi connectivity index (χ4n) is 1.48. The fraction of sp³-hybridized carbons (Fsp3) is 1.00. The van der Waals surface area contributed by atoms with Crippen LogP contribution in [0.1, 0.15) is 41.0 Å². The zero-order valence-corrected chi connectivity index (χ0v) is 10.5. The van der Waals surface area contributed by atoms with Crippen molar-refractivity contribution in [1.82, 2.24) is 5.32 Å². The summed E-state index contributed by atoms with van der Waals surface area (Å²) in [5.41, 5.74) is 5.73. The molecule has 0 aromatic heterocycles. The van der Waals surface area contributed by atoms with Gasteiger partial charge >= 0.3 is 0 Å². The van der Waals surface area contributed by atoms with Crippen molar-refractivity contribution < 1.29 is 0 Å². The van der Waals surface area contributed by atoms with Gasteiger partial charge in [-0.25, -0.2) is 0 Å². The average Bonchev–Trinajstić information content (AvgIpc) is 2.16. The standard InChI is InChI=1S/C12H28N2/c1-6-10(4)11(5)14-8-12(7-13)9(2)3/h9-12,14H,6-8,13H2,1-5H3. The first kappa shape index (κ1) is 13.9. The van der Waals surface area contributed by atoms with Gasteiger partial charge in [0.05, 0.1) is 0 Å². The lowest BCUT2D eigenvalue weighted by Crippen LogP contribution is -2.39. The molecule has 14 heavy (non-hydrogen) atoms. The third-order valence-corrected chi connectivity index (χ3v) is 3.45. The number of hydrogen-bond donors (Lipinski definition) is 2. The molecule has 0 saturated heterocycles. The number of hydrogen-bond acceptors (Lipinski definition) is 2. The molecule has 0 amide bonds. The second-order valence-corrected chi connectivity index (χ2v) is 4.82. The summed E-state index contributed by atoms with van der Waals surface area (Å²) in [5, 5.41) is 3.59. The summed E-state index contributed by atoms with van der Waals surface area (Å²) < 4.78 is 0. The van der Waals surface area contributed by atoms with E-state index < -0.39 is 0 Å². The molecule has 3 N–H and O–H groups in total. The van der Waals surface area contributed by atoms with Crippen LogP contribution in [0.15, 0.2) is 0 Å². The van der Waals surface area contributed by atoms with E-state index >= 15 is 0 Å². The summed E-state index contributed by atoms with van der Waals surface area (Å²) in [6.45, 7) is 13.1. The SMILES string of the molecule is CCC(C)C(C)NCC(CN)C(C)C. The second-order valence-electron chi connectivity index (χ2n) is 4.82. The van der Waals surface area contributed by atoms with Crippen LogP contribution >= 0.6 is 0 Å². The van der Waals surface area contributed by atoms with Crippen molar-refractivity contribution in [1.29, 1.82) is 0 Å². The molecule has 2 heteroatoms. The Kier molecular flexibility index (Phi) is 7.20. The van der Waals surface area contributed by atoms with Gasteiger partial charge < -0.3 is 11.1 Å². The largest absolute Gasteiger partial charge is 0.330 e. The van der Waals surface area contributed by atoms with Gasteiger partial charge in [-0.15, -0.1) is 0 Å². The molecule has 0 saturated carbocycles. The topological polar surface area (TPSA) is 38.0 Å². The molecule has 3 unspecified atom stereocenters. The minimum atomic E-state index is 0.604. The summed E-state index contributed by atoms with van der Waals surface area (Å²) >= 11 is 0. The zero-order valence-electron chi connectivity index (χ0n) is 10.5. The Morgan fingerprint density at radius 3 is 2.07 bits per heavy atom. The molecule has 0 aliphatic rings. The van der Waals surface area contributed by atoms with Crippen LogP contribution in [0.3, 0.4) is 0 Å². The maximum absolute atomic E-state index is 5.73. The van der Waals surface area contributed by atoms with E-state index in [4.69, 9.17) is 5.73 Å². The zero-order chi connectivity index (χ0) is 11.1. The van der Waals surface area contributed by atoms with Crippen LogP contribution in [-0.2, 0) is 0 Å². The predicted octanol–water partition coefficient (Wildman–Crippen LogP) is 2.24. The van der Waals surface area contributed by atoms with E-state index in [1.807, 2.05) is 0 Å². The Balaban J connectivity index is 3.79. The van der Waals surface area contributed by atoms with Gasteiger partial charge in [-0.1, -0.05) is 34.1 Å². The lowest BCUT2D eigenvalue weighted by atomic mass is 9.94. The van der Waals surface area contributed by atoms with Crippen LogP contribution in [0, 0.1) is 17.8 Å². The molecule has 0 heterocycles. The Hall–Kier alpha value is -0.0800. The van der Waals surface area contributed by atoms with Gasteiger partial charge in [-0.05, 0) is 37.8 Å². The quantitative estimate of drug-likeness (QED) is 0.661. The van der Waals surface area contributed by atoms with Crippen molar-refractivity contribution >= 4 is 0 Å². The second kappa shape index (κ2) is 7.24. The molecule has 0 rings (SSSR count). The maximum atomic E-state index is 5.73. The molecule has 3 atom stereocenters. The van der Waals surface area contributed by atoms with E-state index in [1.165, 1.54) is 6.42 Å². The lowest BCUT2D eigenvalue weighted by molar-refractivity contribution is 0.318. The van der Waals surface area contributed by atoms with E-state index in [1.54, 1.807) is 0 Å². The van der Waals surface area contributed by atoms with Crippen molar-refractivity contribution in [3.8, 4) is 0 Å². The van der Waals surface area contributed by atoms with Crippen LogP contribution in [0.5, 0.6) is 0 Å². The van der Waals surface area contributed by atoms with Gasteiger partial charge in [-0.3, -0.25) is 0 Å². The van der Waals surface area contributed by atoms with E-state index in [0.717, 1.165) is 19.0 Å². The maximum Gasteiger partial charge on any atom is 0.00643 e. The molecule has 0 aliphatic carbocycles. The van der Waals surface area contributed by atoms with Crippen molar-refractivity contribution in [2.24, 2.45) is 23.5 Å². The number of rotatable bonds is 7. The van der Waals surface area contributed by atoms with E-state index in [0.29, 0.717) is 17.9 Å². The molecule has 0 aromatic rings. The molecule has 0 bridgehead atoms. The minimum absolute atomic E-state index is 0.604. The summed E-state index contributed by atoms with van der Waals surface area (Å²) in [7, 11) is 0. The summed E-state index contributed by atoms with van der Waals surface area (Å²) in [6.07, 6.45) is 1.24. The molecule has 0 aliphatic heterocycles. The van der Waals surface area contributed by atoms with Crippen LogP contribution < -0.4 is 11.1 Å². The van der Waals surface area contributed by atoms with Gasteiger partial charge in [0, 0.05) is 6.04 Å². The summed E-state index contributed by atoms with van der Waals surface area (Å²) in [4.78, 5) is 0. The normalized spacial score (nSPS) is 18.2. The Morgan fingerprint density at radius 1 is 1.14 bits per heavy atom. The minimum Gasteiger partial charge on any atom is -0.330 e. The van der Waals surface area contributed by atoms with Crippen LogP contribution in [0.25, 0.3) is 0 Å². The summed E-state index contributed by atoms with van der Waals surface area (Å²) in [5.74, 6) is 2.04. The van der Waals surface area contributed by atoms with Crippen LogP contribution in [0.2, 0.25) is 0 Å². The first-order valence-electron chi connectivity index (χ1n) is 5.96. The molecule has 0 radical (unpaired) electrons. The summed E-state index contributed by atoms with van der Waals surface area (Å²) in [6, 6.07) is 0.604. The molecular weight excluding hydrogens is 172 g/mol. The third-order valence-electron chi connectivity index (χ3n) is 3.45. The molecule has 0 aromatic carbocycles. The molecule has 86 valence electrons. The van der Waals surface area contributed by atoms with Gasteiger partial charge in [-0.2, -0.15) is 0 Å². The van der Waals surface area contributed by atoms with E-state index in [-0.39, 0.29) is 0 Å². The van der Waals surface area contributed by atoms with Crippen molar-refractivity contribution in [2.75, 3.05) is 13.1 Å². The molecule has 2 nitrogen and oxygen atoms in total. The molecule has 0 fully saturated rings. The predicted molar refractivity (Wildman–Crippen MR) is 64.3 cm³/mol. The van der Waals surface area contributed by atoms with Crippen molar-refractivity contribution in [3.05, 3.63) is 0 Å². The lowest BCUT2D eigenvalue weighted by Gasteiger charge is -2.25. The third kappa shape index (κ3) is 4.97. The van der Waals surface area contributed by atoms with Gasteiger partial charge in [0.2, 0.25) is 0 Å². The molecular formula is C12H28N2. The Bertz CT molecular complexity index is 134. The van der Waals surface area contributed by atoms with Gasteiger partial charge in [0.1, 0.15) is 0 Å². The number of nitrogens with one attached hydrogen (secondary N) is 1. The Morgan fingerprint density at radius 2 is 1.71 bits per heavy atom. The highest BCUT2D eigenvalue weighted by molar-refractivity contribution is 4.72. The first-order valence-corrected chi connectivity index (χ1v) is 5.96. The van der Waals surface area contributed by atoms with Crippen molar-refractivity contribution in [2.45, 2.75) is 47.1 Å². The van der Waals surface area contributed by atoms with E-state index in [2.05, 4.69) is 39.9 Å². The van der Waals surface area contributed by atoms with Crippen molar-refractivity contribution in [3.63, 3.8) is 0 Å². The van der Waals surface area contributed by atoms with E-state index in [9.17, 15) is 0 Å².